The van der Waals surface area contributed by atoms with Crippen LogP contribution in [0.5, 0.6) is 0 Å². The predicted molar refractivity (Wildman–Crippen MR) is 316 cm³/mol. The van der Waals surface area contributed by atoms with Crippen LogP contribution < -0.4 is 10.2 Å². The number of nitrogens with zero attached hydrogens (tertiary/aromatic N) is 1. The molecule has 8 nitrogen and oxygen atoms in total. The lowest BCUT2D eigenvalue weighted by molar-refractivity contribution is -0.870. The Morgan fingerprint density at radius 3 is 1.14 bits per heavy atom. The quantitative estimate of drug-likeness (QED) is 0.0272. The van der Waals surface area contributed by atoms with Crippen LogP contribution in [0.15, 0.2) is 36.5 Å². The first-order valence-corrected chi connectivity index (χ1v) is 33.3. The maximum Gasteiger partial charge on any atom is 0.268 e. The summed E-state index contributed by atoms with van der Waals surface area (Å²) in [7, 11) is 1.27. The molecule has 0 bridgehead atoms. The fourth-order valence-corrected chi connectivity index (χ4v) is 10.3. The van der Waals surface area contributed by atoms with Gasteiger partial charge in [-0.25, -0.2) is 0 Å². The van der Waals surface area contributed by atoms with Gasteiger partial charge in [0, 0.05) is 6.42 Å². The van der Waals surface area contributed by atoms with E-state index in [9.17, 15) is 19.4 Å². The molecule has 3 unspecified atom stereocenters. The highest BCUT2D eigenvalue weighted by molar-refractivity contribution is 7.45. The van der Waals surface area contributed by atoms with Crippen molar-refractivity contribution in [1.82, 2.24) is 5.32 Å². The van der Waals surface area contributed by atoms with Crippen molar-refractivity contribution in [3.8, 4) is 0 Å². The second kappa shape index (κ2) is 55.5. The van der Waals surface area contributed by atoms with Gasteiger partial charge in [0.15, 0.2) is 0 Å². The van der Waals surface area contributed by atoms with Crippen molar-refractivity contribution in [2.75, 3.05) is 40.9 Å². The van der Waals surface area contributed by atoms with E-state index >= 15 is 0 Å². The summed E-state index contributed by atoms with van der Waals surface area (Å²) in [5.41, 5.74) is 0. The molecule has 0 radical (unpaired) electrons. The van der Waals surface area contributed by atoms with E-state index in [0.717, 1.165) is 44.9 Å². The van der Waals surface area contributed by atoms with E-state index < -0.39 is 20.0 Å². The van der Waals surface area contributed by atoms with Crippen LogP contribution in [0.4, 0.5) is 0 Å². The molecule has 0 saturated heterocycles. The van der Waals surface area contributed by atoms with Crippen LogP contribution in [-0.2, 0) is 18.4 Å². The molecule has 0 spiro atoms. The zero-order valence-corrected chi connectivity index (χ0v) is 50.3. The third-order valence-corrected chi connectivity index (χ3v) is 15.6. The lowest BCUT2D eigenvalue weighted by Crippen LogP contribution is -2.45. The van der Waals surface area contributed by atoms with Gasteiger partial charge in [-0.3, -0.25) is 9.36 Å². The second-order valence-electron chi connectivity index (χ2n) is 23.1. The Labute approximate surface area is 455 Å². The van der Waals surface area contributed by atoms with Crippen LogP contribution in [0, 0.1) is 0 Å². The molecule has 73 heavy (non-hydrogen) atoms. The van der Waals surface area contributed by atoms with E-state index in [1.165, 1.54) is 250 Å². The number of hydrogen-bond donors (Lipinski definition) is 2. The van der Waals surface area contributed by atoms with E-state index in [1.54, 1.807) is 6.08 Å². The smallest absolute Gasteiger partial charge is 0.268 e. The summed E-state index contributed by atoms with van der Waals surface area (Å²) < 4.78 is 23.4. The van der Waals surface area contributed by atoms with Crippen molar-refractivity contribution < 1.29 is 32.9 Å². The summed E-state index contributed by atoms with van der Waals surface area (Å²) in [6, 6.07) is -0.886. The summed E-state index contributed by atoms with van der Waals surface area (Å²) in [5, 5.41) is 13.9. The molecule has 0 heterocycles. The van der Waals surface area contributed by atoms with Gasteiger partial charge in [0.2, 0.25) is 5.91 Å². The van der Waals surface area contributed by atoms with Gasteiger partial charge in [-0.2, -0.15) is 0 Å². The van der Waals surface area contributed by atoms with Gasteiger partial charge < -0.3 is 28.8 Å². The maximum atomic E-state index is 13.0. The number of likely N-dealkylation sites (N-methyl/N-ethyl adjacent to an activating group) is 1. The van der Waals surface area contributed by atoms with Crippen LogP contribution in [0.1, 0.15) is 316 Å². The lowest BCUT2D eigenvalue weighted by atomic mass is 10.0. The SMILES string of the molecule is CCCCCCCCCCC/C=C\C/C=C\CCCCCCCCCCCCCCCCCCCC(=O)NC(COP(=O)([O-])OCC[N+](C)(C)C)C(O)/C=C/CCCCCCCCCCCCCCCCCC. The number of aliphatic hydroxyl groups excluding tert-OH is 1. The second-order valence-corrected chi connectivity index (χ2v) is 24.5. The molecule has 9 heteroatoms. The Hall–Kier alpha value is -1.28. The number of phosphoric acid groups is 1. The van der Waals surface area contributed by atoms with Crippen LogP contribution in [-0.4, -0.2) is 68.5 Å². The third kappa shape index (κ3) is 58.2. The standard InChI is InChI=1S/C64H125N2O6P/c1-6-8-10-12-14-16-18-20-22-24-26-27-28-29-30-31-32-33-34-35-36-37-38-39-40-42-44-46-48-50-52-54-56-58-64(68)65-62(61-72-73(69,70)71-60-59-66(3,4)5)63(67)57-55-53-51-49-47-45-43-41-25-23-21-19-17-15-13-11-9-7-2/h26-27,29-30,55,57,62-63,67H,6-25,28,31-54,56,58-61H2,1-5H3,(H-,65,68,69,70)/b27-26-,30-29-,57-55+. The van der Waals surface area contributed by atoms with Crippen LogP contribution in [0.2, 0.25) is 0 Å². The molecule has 0 aromatic carbocycles. The van der Waals surface area contributed by atoms with Crippen molar-refractivity contribution in [3.05, 3.63) is 36.5 Å². The van der Waals surface area contributed by atoms with Crippen LogP contribution in [0.25, 0.3) is 0 Å². The minimum Gasteiger partial charge on any atom is -0.756 e. The van der Waals surface area contributed by atoms with Crippen molar-refractivity contribution in [2.24, 2.45) is 0 Å². The average molecular weight is 1050 g/mol. The van der Waals surface area contributed by atoms with E-state index in [-0.39, 0.29) is 19.1 Å². The van der Waals surface area contributed by atoms with Crippen molar-refractivity contribution in [1.29, 1.82) is 0 Å². The Balaban J connectivity index is 4.04. The van der Waals surface area contributed by atoms with Gasteiger partial charge >= 0.3 is 0 Å². The van der Waals surface area contributed by atoms with Crippen LogP contribution >= 0.6 is 7.82 Å². The number of carbonyl (C=O) groups excluding carboxylic acids is 1. The molecule has 3 atom stereocenters. The monoisotopic (exact) mass is 1050 g/mol. The molecular weight excluding hydrogens is 924 g/mol. The van der Waals surface area contributed by atoms with Gasteiger partial charge in [0.1, 0.15) is 13.2 Å². The predicted octanol–water partition coefficient (Wildman–Crippen LogP) is 19.1. The molecule has 0 aromatic rings. The molecular formula is C64H125N2O6P. The zero-order chi connectivity index (χ0) is 53.5. The summed E-state index contributed by atoms with van der Waals surface area (Å²) in [4.78, 5) is 25.5. The highest BCUT2D eigenvalue weighted by Crippen LogP contribution is 2.38. The average Bonchev–Trinajstić information content (AvgIpc) is 3.35. The first-order chi connectivity index (χ1) is 35.5. The fraction of sp³-hybridized carbons (Fsp3) is 0.891. The normalized spacial score (nSPS) is 14.0. The number of nitrogens with one attached hydrogen (secondary N) is 1. The first-order valence-electron chi connectivity index (χ1n) is 31.9. The number of quaternary nitrogens is 1. The van der Waals surface area contributed by atoms with Crippen LogP contribution in [0.3, 0.4) is 0 Å². The van der Waals surface area contributed by atoms with Gasteiger partial charge in [-0.1, -0.05) is 294 Å². The number of phosphoric ester groups is 1. The first kappa shape index (κ1) is 71.7. The molecule has 0 aromatic heterocycles. The number of hydrogen-bond acceptors (Lipinski definition) is 6. The van der Waals surface area contributed by atoms with Gasteiger partial charge in [0.05, 0.1) is 39.9 Å². The molecule has 1 amide bonds. The number of aliphatic hydroxyl groups is 1. The molecule has 0 aliphatic rings. The minimum atomic E-state index is -4.60. The molecule has 432 valence electrons. The molecule has 0 saturated carbocycles. The van der Waals surface area contributed by atoms with E-state index in [2.05, 4.69) is 43.5 Å². The number of unbranched alkanes of at least 4 members (excludes halogenated alkanes) is 42. The molecule has 0 aliphatic carbocycles. The van der Waals surface area contributed by atoms with E-state index in [1.807, 2.05) is 27.2 Å². The Kier molecular flexibility index (Phi) is 54.5. The summed E-state index contributed by atoms with van der Waals surface area (Å²) in [6.45, 7) is 4.69. The molecule has 0 rings (SSSR count). The molecule has 0 aliphatic heterocycles. The minimum absolute atomic E-state index is 0.000533. The highest BCUT2D eigenvalue weighted by atomic mass is 31.2. The summed E-state index contributed by atoms with van der Waals surface area (Å²) >= 11 is 0. The van der Waals surface area contributed by atoms with E-state index in [4.69, 9.17) is 9.05 Å². The maximum absolute atomic E-state index is 13.0. The van der Waals surface area contributed by atoms with Gasteiger partial charge in [-0.15, -0.1) is 0 Å². The number of carbonyl (C=O) groups is 1. The largest absolute Gasteiger partial charge is 0.756 e. The van der Waals surface area contributed by atoms with E-state index in [0.29, 0.717) is 17.4 Å². The topological polar surface area (TPSA) is 108 Å². The third-order valence-electron chi connectivity index (χ3n) is 14.6. The highest BCUT2D eigenvalue weighted by Gasteiger charge is 2.23. The van der Waals surface area contributed by atoms with Crippen molar-refractivity contribution >= 4 is 13.7 Å². The number of rotatable bonds is 59. The molecule has 0 fully saturated rings. The lowest BCUT2D eigenvalue weighted by Gasteiger charge is -2.29. The Morgan fingerprint density at radius 2 is 0.795 bits per heavy atom. The Morgan fingerprint density at radius 1 is 0.479 bits per heavy atom. The summed E-state index contributed by atoms with van der Waals surface area (Å²) in [6.07, 6.45) is 72.4. The fourth-order valence-electron chi connectivity index (χ4n) is 9.60. The number of allylic oxidation sites excluding steroid dienone is 5. The number of amides is 1. The van der Waals surface area contributed by atoms with Gasteiger partial charge in [0.25, 0.3) is 7.82 Å². The van der Waals surface area contributed by atoms with Gasteiger partial charge in [-0.05, 0) is 51.4 Å². The Bertz CT molecular complexity index is 1280. The molecule has 2 N–H and O–H groups in total. The van der Waals surface area contributed by atoms with Crippen molar-refractivity contribution in [3.63, 3.8) is 0 Å². The van der Waals surface area contributed by atoms with Crippen molar-refractivity contribution in [2.45, 2.75) is 328 Å². The summed E-state index contributed by atoms with van der Waals surface area (Å²) in [5.74, 6) is -0.192. The zero-order valence-electron chi connectivity index (χ0n) is 49.4.